The summed E-state index contributed by atoms with van der Waals surface area (Å²) in [6.45, 7) is 8.87. The highest BCUT2D eigenvalue weighted by atomic mass is 16.1. The average molecular weight is 320 g/mol. The smallest absolute Gasteiger partial charge is 0.167 e. The quantitative estimate of drug-likeness (QED) is 0.619. The zero-order valence-electron chi connectivity index (χ0n) is 15.4. The molecule has 1 nitrogen and oxygen atoms in total. The molecule has 3 rings (SSSR count). The first-order chi connectivity index (χ1) is 11.4. The monoisotopic (exact) mass is 320 g/mol. The van der Waals surface area contributed by atoms with Gasteiger partial charge in [0.25, 0.3) is 0 Å². The molecule has 0 aromatic heterocycles. The molecular formula is C23H28O. The molecule has 0 bridgehead atoms. The summed E-state index contributed by atoms with van der Waals surface area (Å²) in [5.41, 5.74) is 6.30. The Morgan fingerprint density at radius 3 is 2.29 bits per heavy atom. The maximum absolute atomic E-state index is 12.7. The summed E-state index contributed by atoms with van der Waals surface area (Å²) in [4.78, 5) is 12.7. The Morgan fingerprint density at radius 2 is 1.75 bits per heavy atom. The molecule has 2 aromatic rings. The van der Waals surface area contributed by atoms with Crippen LogP contribution in [0, 0.1) is 6.92 Å². The maximum atomic E-state index is 12.7. The summed E-state index contributed by atoms with van der Waals surface area (Å²) < 4.78 is 0. The molecule has 0 N–H and O–H groups in total. The van der Waals surface area contributed by atoms with E-state index in [2.05, 4.69) is 58.0 Å². The van der Waals surface area contributed by atoms with Crippen molar-refractivity contribution in [3.63, 3.8) is 0 Å². The lowest BCUT2D eigenvalue weighted by Gasteiger charge is -2.39. The lowest BCUT2D eigenvalue weighted by molar-refractivity contribution is 0.0992. The summed E-state index contributed by atoms with van der Waals surface area (Å²) in [5.74, 6) is 0.701. The normalized spacial score (nSPS) is 16.0. The molecule has 0 radical (unpaired) electrons. The fraction of sp³-hybridized carbons (Fsp3) is 0.435. The Hall–Kier alpha value is -1.89. The number of carbonyl (C=O) groups excluding carboxylic acids is 1. The number of hydrogen-bond donors (Lipinski definition) is 0. The Balaban J connectivity index is 1.77. The van der Waals surface area contributed by atoms with Gasteiger partial charge in [-0.25, -0.2) is 0 Å². The molecule has 0 saturated heterocycles. The summed E-state index contributed by atoms with van der Waals surface area (Å²) in [6, 6.07) is 14.7. The van der Waals surface area contributed by atoms with Crippen LogP contribution in [0.4, 0.5) is 0 Å². The SMILES string of the molecule is Cc1c(CC(=O)c2ccc(C3(C)CCC3)cc2)cccc1C(C)C. The molecule has 0 amide bonds. The summed E-state index contributed by atoms with van der Waals surface area (Å²) in [6.07, 6.45) is 4.34. The Morgan fingerprint density at radius 1 is 1.08 bits per heavy atom. The van der Waals surface area contributed by atoms with Crippen molar-refractivity contribution >= 4 is 5.78 Å². The molecule has 24 heavy (non-hydrogen) atoms. The minimum atomic E-state index is 0.212. The third-order valence-electron chi connectivity index (χ3n) is 5.82. The van der Waals surface area contributed by atoms with Crippen LogP contribution in [0.1, 0.15) is 78.6 Å². The van der Waals surface area contributed by atoms with Gasteiger partial charge in [0.15, 0.2) is 5.78 Å². The van der Waals surface area contributed by atoms with Crippen LogP contribution in [0.15, 0.2) is 42.5 Å². The van der Waals surface area contributed by atoms with Crippen molar-refractivity contribution in [3.8, 4) is 0 Å². The molecule has 1 saturated carbocycles. The largest absolute Gasteiger partial charge is 0.294 e. The second kappa shape index (κ2) is 6.55. The number of Topliss-reactive ketones (excluding diaryl/α,β-unsaturated/α-hetero) is 1. The van der Waals surface area contributed by atoms with Crippen LogP contribution in [0.3, 0.4) is 0 Å². The van der Waals surface area contributed by atoms with Gasteiger partial charge in [0.05, 0.1) is 0 Å². The molecule has 0 spiro atoms. The van der Waals surface area contributed by atoms with Crippen molar-refractivity contribution in [1.82, 2.24) is 0 Å². The van der Waals surface area contributed by atoms with E-state index in [1.807, 2.05) is 12.1 Å². The van der Waals surface area contributed by atoms with Crippen LogP contribution in [0.5, 0.6) is 0 Å². The van der Waals surface area contributed by atoms with E-state index in [0.717, 1.165) is 11.1 Å². The van der Waals surface area contributed by atoms with Gasteiger partial charge in [-0.3, -0.25) is 4.79 Å². The standard InChI is InChI=1S/C23H28O/c1-16(2)21-8-5-7-19(17(21)3)15-22(24)18-9-11-20(12-10-18)23(4)13-6-14-23/h5,7-12,16H,6,13-15H2,1-4H3. The number of rotatable bonds is 5. The fourth-order valence-electron chi connectivity index (χ4n) is 3.85. The Labute approximate surface area is 146 Å². The number of hydrogen-bond acceptors (Lipinski definition) is 1. The van der Waals surface area contributed by atoms with Gasteiger partial charge in [0.1, 0.15) is 0 Å². The number of benzene rings is 2. The molecule has 1 aliphatic rings. The molecule has 1 fully saturated rings. The van der Waals surface area contributed by atoms with Crippen molar-refractivity contribution in [2.45, 2.75) is 64.7 Å². The van der Waals surface area contributed by atoms with E-state index in [9.17, 15) is 4.79 Å². The van der Waals surface area contributed by atoms with Crippen molar-refractivity contribution in [3.05, 3.63) is 70.3 Å². The van der Waals surface area contributed by atoms with E-state index in [4.69, 9.17) is 0 Å². The van der Waals surface area contributed by atoms with Crippen LogP contribution in [0.2, 0.25) is 0 Å². The van der Waals surface area contributed by atoms with Crippen LogP contribution in [0.25, 0.3) is 0 Å². The summed E-state index contributed by atoms with van der Waals surface area (Å²) >= 11 is 0. The van der Waals surface area contributed by atoms with Crippen molar-refractivity contribution in [1.29, 1.82) is 0 Å². The third-order valence-corrected chi connectivity index (χ3v) is 5.82. The molecule has 1 heteroatoms. The molecule has 0 aliphatic heterocycles. The van der Waals surface area contributed by atoms with Gasteiger partial charge < -0.3 is 0 Å². The molecule has 0 unspecified atom stereocenters. The lowest BCUT2D eigenvalue weighted by Crippen LogP contribution is -2.30. The fourth-order valence-corrected chi connectivity index (χ4v) is 3.85. The van der Waals surface area contributed by atoms with Gasteiger partial charge in [-0.05, 0) is 53.4 Å². The predicted molar refractivity (Wildman–Crippen MR) is 101 cm³/mol. The first kappa shape index (κ1) is 17.0. The molecule has 0 heterocycles. The van der Waals surface area contributed by atoms with E-state index < -0.39 is 0 Å². The van der Waals surface area contributed by atoms with Crippen LogP contribution in [-0.4, -0.2) is 5.78 Å². The second-order valence-electron chi connectivity index (χ2n) is 7.88. The van der Waals surface area contributed by atoms with E-state index in [-0.39, 0.29) is 5.78 Å². The molecule has 1 aliphatic carbocycles. The minimum Gasteiger partial charge on any atom is -0.294 e. The van der Waals surface area contributed by atoms with Crippen LogP contribution < -0.4 is 0 Å². The number of carbonyl (C=O) groups is 1. The predicted octanol–water partition coefficient (Wildman–Crippen LogP) is 5.99. The van der Waals surface area contributed by atoms with Crippen molar-refractivity contribution < 1.29 is 4.79 Å². The van der Waals surface area contributed by atoms with E-state index in [1.165, 1.54) is 36.0 Å². The minimum absolute atomic E-state index is 0.212. The maximum Gasteiger partial charge on any atom is 0.167 e. The molecule has 2 aromatic carbocycles. The van der Waals surface area contributed by atoms with E-state index in [1.54, 1.807) is 0 Å². The van der Waals surface area contributed by atoms with E-state index >= 15 is 0 Å². The first-order valence-corrected chi connectivity index (χ1v) is 9.13. The van der Waals surface area contributed by atoms with E-state index in [0.29, 0.717) is 17.8 Å². The Bertz CT molecular complexity index is 733. The highest BCUT2D eigenvalue weighted by Gasteiger charge is 2.33. The van der Waals surface area contributed by atoms with Gasteiger partial charge >= 0.3 is 0 Å². The average Bonchev–Trinajstić information content (AvgIpc) is 2.54. The van der Waals surface area contributed by atoms with Gasteiger partial charge in [0.2, 0.25) is 0 Å². The van der Waals surface area contributed by atoms with Gasteiger partial charge in [-0.15, -0.1) is 0 Å². The van der Waals surface area contributed by atoms with Crippen molar-refractivity contribution in [2.24, 2.45) is 0 Å². The van der Waals surface area contributed by atoms with Gasteiger partial charge in [0, 0.05) is 12.0 Å². The molecule has 126 valence electrons. The van der Waals surface area contributed by atoms with Gasteiger partial charge in [-0.1, -0.05) is 69.7 Å². The lowest BCUT2D eigenvalue weighted by atomic mass is 9.66. The third kappa shape index (κ3) is 3.17. The zero-order chi connectivity index (χ0) is 17.3. The number of ketones is 1. The first-order valence-electron chi connectivity index (χ1n) is 9.13. The van der Waals surface area contributed by atoms with Crippen LogP contribution >= 0.6 is 0 Å². The second-order valence-corrected chi connectivity index (χ2v) is 7.88. The molecule has 0 atom stereocenters. The highest BCUT2D eigenvalue weighted by Crippen LogP contribution is 2.43. The molecular weight excluding hydrogens is 292 g/mol. The highest BCUT2D eigenvalue weighted by molar-refractivity contribution is 5.97. The Kier molecular flexibility index (Phi) is 4.62. The zero-order valence-corrected chi connectivity index (χ0v) is 15.4. The summed E-state index contributed by atoms with van der Waals surface area (Å²) in [7, 11) is 0. The van der Waals surface area contributed by atoms with Crippen LogP contribution in [-0.2, 0) is 11.8 Å². The van der Waals surface area contributed by atoms with Crippen molar-refractivity contribution in [2.75, 3.05) is 0 Å². The summed E-state index contributed by atoms with van der Waals surface area (Å²) in [5, 5.41) is 0. The topological polar surface area (TPSA) is 17.1 Å². The van der Waals surface area contributed by atoms with Gasteiger partial charge in [-0.2, -0.15) is 0 Å².